The smallest absolute Gasteiger partial charge is 0.150 e. The highest BCUT2D eigenvalue weighted by molar-refractivity contribution is 6.36. The number of phenolic OH excluding ortho intramolecular Hbond substituents is 1. The number of fused-ring (bicyclic) bond motifs is 2. The van der Waals surface area contributed by atoms with Gasteiger partial charge in [0.1, 0.15) is 26.2 Å². The number of anilines is 1. The van der Waals surface area contributed by atoms with Crippen LogP contribution in [-0.4, -0.2) is 52.3 Å². The molecule has 0 fully saturated rings. The molecular formula is C27H25BFN5O. The lowest BCUT2D eigenvalue weighted by atomic mass is 10.0. The molecule has 3 aromatic carbocycles. The SMILES string of the molecule is [B]c1cnn2c(NCCCN(CF)Cc3cccc4ccccc34)cc(-c3ccccc3O)nc12. The lowest BCUT2D eigenvalue weighted by molar-refractivity contribution is 0.177. The number of hydrogen-bond donors (Lipinski definition) is 2. The van der Waals surface area contributed by atoms with Gasteiger partial charge >= 0.3 is 0 Å². The van der Waals surface area contributed by atoms with Gasteiger partial charge in [-0.05, 0) is 40.4 Å². The van der Waals surface area contributed by atoms with Gasteiger partial charge in [0, 0.05) is 37.5 Å². The zero-order chi connectivity index (χ0) is 24.2. The molecule has 2 heterocycles. The summed E-state index contributed by atoms with van der Waals surface area (Å²) in [5.74, 6) is 0.839. The van der Waals surface area contributed by atoms with E-state index in [0.717, 1.165) is 22.8 Å². The van der Waals surface area contributed by atoms with Gasteiger partial charge in [-0.25, -0.2) is 9.37 Å². The minimum absolute atomic E-state index is 0.139. The van der Waals surface area contributed by atoms with Gasteiger partial charge in [0.05, 0.1) is 5.69 Å². The van der Waals surface area contributed by atoms with E-state index in [1.54, 1.807) is 33.8 Å². The molecule has 0 saturated heterocycles. The number of benzene rings is 3. The molecular weight excluding hydrogens is 440 g/mol. The summed E-state index contributed by atoms with van der Waals surface area (Å²) < 4.78 is 15.5. The normalized spacial score (nSPS) is 11.5. The maximum Gasteiger partial charge on any atom is 0.150 e. The van der Waals surface area contributed by atoms with Gasteiger partial charge in [-0.15, -0.1) is 0 Å². The van der Waals surface area contributed by atoms with E-state index < -0.39 is 6.80 Å². The second kappa shape index (κ2) is 10.2. The number of rotatable bonds is 9. The molecule has 0 aliphatic heterocycles. The van der Waals surface area contributed by atoms with Crippen molar-refractivity contribution in [1.82, 2.24) is 19.5 Å². The number of hydrogen-bond acceptors (Lipinski definition) is 5. The van der Waals surface area contributed by atoms with Gasteiger partial charge in [-0.1, -0.05) is 54.6 Å². The zero-order valence-corrected chi connectivity index (χ0v) is 19.2. The quantitative estimate of drug-likeness (QED) is 0.193. The fraction of sp³-hybridized carbons (Fsp3) is 0.185. The van der Waals surface area contributed by atoms with E-state index in [-0.39, 0.29) is 5.75 Å². The van der Waals surface area contributed by atoms with Crippen molar-refractivity contribution in [3.63, 3.8) is 0 Å². The molecule has 0 atom stereocenters. The molecule has 5 aromatic rings. The third-order valence-electron chi connectivity index (χ3n) is 6.08. The number of para-hydroxylation sites is 1. The Balaban J connectivity index is 1.28. The first-order valence-electron chi connectivity index (χ1n) is 11.6. The summed E-state index contributed by atoms with van der Waals surface area (Å²) in [6.45, 7) is 1.22. The van der Waals surface area contributed by atoms with Crippen LogP contribution in [0.4, 0.5) is 10.2 Å². The molecule has 8 heteroatoms. The van der Waals surface area contributed by atoms with Gasteiger partial charge in [0.25, 0.3) is 0 Å². The van der Waals surface area contributed by atoms with Crippen LogP contribution >= 0.6 is 0 Å². The molecule has 0 spiro atoms. The van der Waals surface area contributed by atoms with Crippen molar-refractivity contribution in [3.8, 4) is 17.0 Å². The monoisotopic (exact) mass is 465 g/mol. The maximum atomic E-state index is 13.8. The highest BCUT2D eigenvalue weighted by Gasteiger charge is 2.13. The molecule has 2 aromatic heterocycles. The fourth-order valence-electron chi connectivity index (χ4n) is 4.31. The zero-order valence-electron chi connectivity index (χ0n) is 19.2. The van der Waals surface area contributed by atoms with Crippen LogP contribution in [0.5, 0.6) is 5.75 Å². The number of nitrogens with zero attached hydrogens (tertiary/aromatic N) is 4. The summed E-state index contributed by atoms with van der Waals surface area (Å²) in [6.07, 6.45) is 2.28. The van der Waals surface area contributed by atoms with E-state index in [1.165, 1.54) is 0 Å². The molecule has 0 amide bonds. The average Bonchev–Trinajstić information content (AvgIpc) is 3.26. The van der Waals surface area contributed by atoms with Crippen LogP contribution in [0.3, 0.4) is 0 Å². The molecule has 2 N–H and O–H groups in total. The van der Waals surface area contributed by atoms with Gasteiger partial charge in [-0.2, -0.15) is 9.61 Å². The highest BCUT2D eigenvalue weighted by atomic mass is 19.1. The molecule has 35 heavy (non-hydrogen) atoms. The first-order valence-corrected chi connectivity index (χ1v) is 11.6. The summed E-state index contributed by atoms with van der Waals surface area (Å²) in [6, 6.07) is 23.2. The molecule has 0 aliphatic rings. The van der Waals surface area contributed by atoms with Crippen molar-refractivity contribution >= 4 is 35.5 Å². The minimum atomic E-state index is -0.518. The van der Waals surface area contributed by atoms with Crippen molar-refractivity contribution in [3.05, 3.63) is 84.6 Å². The lowest BCUT2D eigenvalue weighted by Gasteiger charge is -2.20. The Bertz CT molecular complexity index is 1470. The number of aromatic nitrogens is 3. The maximum absolute atomic E-state index is 13.8. The average molecular weight is 465 g/mol. The molecule has 6 nitrogen and oxygen atoms in total. The molecule has 5 rings (SSSR count). The minimum Gasteiger partial charge on any atom is -0.507 e. The highest BCUT2D eigenvalue weighted by Crippen LogP contribution is 2.29. The van der Waals surface area contributed by atoms with E-state index in [1.807, 2.05) is 30.3 Å². The fourth-order valence-corrected chi connectivity index (χ4v) is 4.31. The molecule has 0 saturated carbocycles. The second-order valence-corrected chi connectivity index (χ2v) is 8.47. The molecule has 0 unspecified atom stereocenters. The van der Waals surface area contributed by atoms with Crippen LogP contribution in [0, 0.1) is 0 Å². The van der Waals surface area contributed by atoms with E-state index in [0.29, 0.717) is 47.8 Å². The Morgan fingerprint density at radius 1 is 1.03 bits per heavy atom. The Labute approximate surface area is 204 Å². The first kappa shape index (κ1) is 22.9. The van der Waals surface area contributed by atoms with E-state index in [4.69, 9.17) is 7.85 Å². The molecule has 0 bridgehead atoms. The first-order chi connectivity index (χ1) is 17.1. The van der Waals surface area contributed by atoms with Crippen molar-refractivity contribution in [2.45, 2.75) is 13.0 Å². The van der Waals surface area contributed by atoms with Crippen LogP contribution in [0.2, 0.25) is 0 Å². The van der Waals surface area contributed by atoms with Crippen molar-refractivity contribution in [2.24, 2.45) is 0 Å². The van der Waals surface area contributed by atoms with Crippen molar-refractivity contribution in [2.75, 3.05) is 25.2 Å². The predicted octanol–water partition coefficient (Wildman–Crippen LogP) is 4.28. The Morgan fingerprint density at radius 3 is 2.69 bits per heavy atom. The van der Waals surface area contributed by atoms with Crippen molar-refractivity contribution < 1.29 is 9.50 Å². The third kappa shape index (κ3) is 4.83. The number of aromatic hydroxyl groups is 1. The Morgan fingerprint density at radius 2 is 1.83 bits per heavy atom. The number of halogens is 1. The van der Waals surface area contributed by atoms with Crippen LogP contribution in [-0.2, 0) is 6.54 Å². The Kier molecular flexibility index (Phi) is 6.63. The van der Waals surface area contributed by atoms with Crippen LogP contribution in [0.15, 0.2) is 79.0 Å². The van der Waals surface area contributed by atoms with Gasteiger partial charge in [0.2, 0.25) is 0 Å². The Hall–Kier alpha value is -3.91. The van der Waals surface area contributed by atoms with E-state index >= 15 is 0 Å². The molecule has 0 aliphatic carbocycles. The predicted molar refractivity (Wildman–Crippen MR) is 139 cm³/mol. The summed E-state index contributed by atoms with van der Waals surface area (Å²) >= 11 is 0. The lowest BCUT2D eigenvalue weighted by Crippen LogP contribution is -2.25. The van der Waals surface area contributed by atoms with E-state index in [2.05, 4.69) is 39.7 Å². The van der Waals surface area contributed by atoms with Crippen LogP contribution < -0.4 is 10.8 Å². The number of alkyl halides is 1. The van der Waals surface area contributed by atoms with Gasteiger partial charge in [0.15, 0.2) is 5.65 Å². The van der Waals surface area contributed by atoms with Crippen molar-refractivity contribution in [1.29, 1.82) is 0 Å². The van der Waals surface area contributed by atoms with E-state index in [9.17, 15) is 9.50 Å². The summed E-state index contributed by atoms with van der Waals surface area (Å²) in [7, 11) is 6.07. The summed E-state index contributed by atoms with van der Waals surface area (Å²) in [5, 5.41) is 20.3. The summed E-state index contributed by atoms with van der Waals surface area (Å²) in [5.41, 5.74) is 3.27. The topological polar surface area (TPSA) is 65.7 Å². The summed E-state index contributed by atoms with van der Waals surface area (Å²) in [4.78, 5) is 6.38. The second-order valence-electron chi connectivity index (χ2n) is 8.47. The molecule has 2 radical (unpaired) electrons. The largest absolute Gasteiger partial charge is 0.507 e. The number of phenols is 1. The van der Waals surface area contributed by atoms with Crippen LogP contribution in [0.25, 0.3) is 27.7 Å². The van der Waals surface area contributed by atoms with Gasteiger partial charge in [-0.3, -0.25) is 4.90 Å². The number of nitrogens with one attached hydrogen (secondary N) is 1. The third-order valence-corrected chi connectivity index (χ3v) is 6.08. The molecule has 174 valence electrons. The standard InChI is InChI=1S/C27H25BFN5O/c28-23-16-31-34-26(15-24(32-27(23)34)22-11-3-4-12-25(22)35)30-13-6-14-33(18-29)17-20-9-5-8-19-7-1-2-10-21(19)20/h1-5,7-12,15-16,30,35H,6,13-14,17-18H2. The van der Waals surface area contributed by atoms with Crippen LogP contribution in [0.1, 0.15) is 12.0 Å². The van der Waals surface area contributed by atoms with Gasteiger partial charge < -0.3 is 10.4 Å².